The first-order valence-corrected chi connectivity index (χ1v) is 9.42. The van der Waals surface area contributed by atoms with Gasteiger partial charge in [0.1, 0.15) is 11.6 Å². The van der Waals surface area contributed by atoms with Crippen molar-refractivity contribution < 1.29 is 9.53 Å². The quantitative estimate of drug-likeness (QED) is 0.737. The summed E-state index contributed by atoms with van der Waals surface area (Å²) in [6.07, 6.45) is 2.57. The Kier molecular flexibility index (Phi) is 5.24. The molecule has 0 saturated heterocycles. The topological polar surface area (TPSA) is 54.5 Å². The molecule has 1 aliphatic heterocycles. The summed E-state index contributed by atoms with van der Waals surface area (Å²) in [5, 5.41) is 3.29. The van der Waals surface area contributed by atoms with Crippen molar-refractivity contribution in [3.8, 4) is 5.75 Å². The summed E-state index contributed by atoms with van der Waals surface area (Å²) >= 11 is 0. The van der Waals surface area contributed by atoms with E-state index < -0.39 is 0 Å². The number of carbonyl (C=O) groups excluding carboxylic acids is 1. The Bertz CT molecular complexity index is 987. The third-order valence-corrected chi connectivity index (χ3v) is 5.08. The van der Waals surface area contributed by atoms with E-state index in [2.05, 4.69) is 28.5 Å². The zero-order chi connectivity index (χ0) is 19.3. The zero-order valence-corrected chi connectivity index (χ0v) is 15.9. The van der Waals surface area contributed by atoms with Gasteiger partial charge in [-0.1, -0.05) is 42.5 Å². The zero-order valence-electron chi connectivity index (χ0n) is 15.9. The Labute approximate surface area is 165 Å². The average Bonchev–Trinajstić information content (AvgIpc) is 2.77. The molecule has 0 spiro atoms. The Morgan fingerprint density at radius 3 is 2.75 bits per heavy atom. The number of amides is 1. The number of hydrogen-bond donors (Lipinski definition) is 1. The fourth-order valence-electron chi connectivity index (χ4n) is 3.55. The van der Waals surface area contributed by atoms with Gasteiger partial charge in [0, 0.05) is 37.0 Å². The summed E-state index contributed by atoms with van der Waals surface area (Å²) in [6.45, 7) is 1.97. The third kappa shape index (κ3) is 3.83. The predicted molar refractivity (Wildman–Crippen MR) is 109 cm³/mol. The van der Waals surface area contributed by atoms with Gasteiger partial charge >= 0.3 is 0 Å². The van der Waals surface area contributed by atoms with Crippen LogP contribution in [0.1, 0.15) is 27.0 Å². The first-order valence-electron chi connectivity index (χ1n) is 9.42. The summed E-state index contributed by atoms with van der Waals surface area (Å²) < 4.78 is 5.38. The number of rotatable bonds is 5. The van der Waals surface area contributed by atoms with Crippen LogP contribution in [0.5, 0.6) is 5.75 Å². The number of nitrogens with zero attached hydrogens (tertiary/aromatic N) is 2. The van der Waals surface area contributed by atoms with E-state index in [4.69, 9.17) is 4.74 Å². The highest BCUT2D eigenvalue weighted by Gasteiger charge is 2.21. The first-order chi connectivity index (χ1) is 13.7. The molecule has 0 bridgehead atoms. The Morgan fingerprint density at radius 1 is 1.11 bits per heavy atom. The van der Waals surface area contributed by atoms with E-state index in [1.54, 1.807) is 19.4 Å². The van der Waals surface area contributed by atoms with Crippen LogP contribution in [0.15, 0.2) is 66.9 Å². The van der Waals surface area contributed by atoms with Crippen molar-refractivity contribution in [3.05, 3.63) is 89.1 Å². The number of benzene rings is 2. The largest absolute Gasteiger partial charge is 0.496 e. The lowest BCUT2D eigenvalue weighted by atomic mass is 9.99. The molecule has 2 heterocycles. The lowest BCUT2D eigenvalue weighted by molar-refractivity contribution is 0.0734. The second-order valence-electron chi connectivity index (χ2n) is 6.84. The molecule has 0 radical (unpaired) electrons. The SMILES string of the molecule is COc1ccccc1CNc1cc(C(=O)N2CCc3ccccc3C2)ccn1. The van der Waals surface area contributed by atoms with Gasteiger partial charge < -0.3 is 15.0 Å². The van der Waals surface area contributed by atoms with Crippen LogP contribution >= 0.6 is 0 Å². The van der Waals surface area contributed by atoms with Gasteiger partial charge in [0.05, 0.1) is 7.11 Å². The molecule has 142 valence electrons. The fraction of sp³-hybridized carbons (Fsp3) is 0.217. The Hall–Kier alpha value is -3.34. The lowest BCUT2D eigenvalue weighted by Gasteiger charge is -2.29. The second kappa shape index (κ2) is 8.13. The van der Waals surface area contributed by atoms with Crippen LogP contribution in [-0.4, -0.2) is 29.4 Å². The molecule has 1 aliphatic rings. The van der Waals surface area contributed by atoms with Crippen LogP contribution in [0.2, 0.25) is 0 Å². The van der Waals surface area contributed by atoms with Crippen molar-refractivity contribution in [2.45, 2.75) is 19.5 Å². The van der Waals surface area contributed by atoms with Crippen LogP contribution in [0.3, 0.4) is 0 Å². The van der Waals surface area contributed by atoms with Crippen LogP contribution in [0.25, 0.3) is 0 Å². The van der Waals surface area contributed by atoms with Gasteiger partial charge in [-0.15, -0.1) is 0 Å². The molecule has 1 aromatic heterocycles. The van der Waals surface area contributed by atoms with Gasteiger partial charge in [-0.2, -0.15) is 0 Å². The number of para-hydroxylation sites is 1. The van der Waals surface area contributed by atoms with Crippen LogP contribution in [-0.2, 0) is 19.5 Å². The lowest BCUT2D eigenvalue weighted by Crippen LogP contribution is -2.35. The normalized spacial score (nSPS) is 13.0. The summed E-state index contributed by atoms with van der Waals surface area (Å²) in [4.78, 5) is 19.2. The highest BCUT2D eigenvalue weighted by molar-refractivity contribution is 5.95. The number of fused-ring (bicyclic) bond motifs is 1. The molecule has 0 fully saturated rings. The minimum absolute atomic E-state index is 0.0391. The van der Waals surface area contributed by atoms with Gasteiger partial charge in [0.25, 0.3) is 5.91 Å². The van der Waals surface area contributed by atoms with Gasteiger partial charge in [-0.3, -0.25) is 4.79 Å². The van der Waals surface area contributed by atoms with E-state index in [0.29, 0.717) is 24.5 Å². The van der Waals surface area contributed by atoms with E-state index in [9.17, 15) is 4.79 Å². The van der Waals surface area contributed by atoms with Crippen molar-refractivity contribution in [3.63, 3.8) is 0 Å². The van der Waals surface area contributed by atoms with Crippen molar-refractivity contribution in [2.24, 2.45) is 0 Å². The third-order valence-electron chi connectivity index (χ3n) is 5.08. The maximum absolute atomic E-state index is 13.0. The number of pyridine rings is 1. The average molecular weight is 373 g/mol. The number of nitrogens with one attached hydrogen (secondary N) is 1. The molecular formula is C23H23N3O2. The van der Waals surface area contributed by atoms with Crippen molar-refractivity contribution in [2.75, 3.05) is 19.0 Å². The smallest absolute Gasteiger partial charge is 0.254 e. The molecule has 3 aromatic rings. The summed E-state index contributed by atoms with van der Waals surface area (Å²) in [5.74, 6) is 1.54. The molecule has 0 saturated carbocycles. The Balaban J connectivity index is 1.46. The molecule has 1 N–H and O–H groups in total. The van der Waals surface area contributed by atoms with E-state index in [-0.39, 0.29) is 5.91 Å². The highest BCUT2D eigenvalue weighted by atomic mass is 16.5. The molecule has 2 aromatic carbocycles. The minimum Gasteiger partial charge on any atom is -0.496 e. The highest BCUT2D eigenvalue weighted by Crippen LogP contribution is 2.22. The monoisotopic (exact) mass is 373 g/mol. The molecule has 0 aliphatic carbocycles. The standard InChI is InChI=1S/C23H23N3O2/c1-28-21-9-5-4-7-19(21)15-25-22-14-18(10-12-24-22)23(27)26-13-11-17-6-2-3-8-20(17)16-26/h2-10,12,14H,11,13,15-16H2,1H3,(H,24,25). The Morgan fingerprint density at radius 2 is 1.89 bits per heavy atom. The number of aromatic nitrogens is 1. The van der Waals surface area contributed by atoms with E-state index in [1.165, 1.54) is 11.1 Å². The van der Waals surface area contributed by atoms with Crippen molar-refractivity contribution >= 4 is 11.7 Å². The molecular weight excluding hydrogens is 350 g/mol. The molecule has 4 rings (SSSR count). The van der Waals surface area contributed by atoms with Gasteiger partial charge in [-0.25, -0.2) is 4.98 Å². The van der Waals surface area contributed by atoms with Crippen LogP contribution < -0.4 is 10.1 Å². The molecule has 28 heavy (non-hydrogen) atoms. The first kappa shape index (κ1) is 18.0. The fourth-order valence-corrected chi connectivity index (χ4v) is 3.55. The number of hydrogen-bond acceptors (Lipinski definition) is 4. The van der Waals surface area contributed by atoms with Crippen LogP contribution in [0, 0.1) is 0 Å². The van der Waals surface area contributed by atoms with E-state index in [1.807, 2.05) is 41.3 Å². The second-order valence-corrected chi connectivity index (χ2v) is 6.84. The van der Waals surface area contributed by atoms with Crippen molar-refractivity contribution in [1.82, 2.24) is 9.88 Å². The van der Waals surface area contributed by atoms with E-state index >= 15 is 0 Å². The molecule has 1 amide bonds. The minimum atomic E-state index is 0.0391. The summed E-state index contributed by atoms with van der Waals surface area (Å²) in [5.41, 5.74) is 4.25. The number of carbonyl (C=O) groups is 1. The maximum Gasteiger partial charge on any atom is 0.254 e. The van der Waals surface area contributed by atoms with Crippen molar-refractivity contribution in [1.29, 1.82) is 0 Å². The van der Waals surface area contributed by atoms with Gasteiger partial charge in [0.2, 0.25) is 0 Å². The van der Waals surface area contributed by atoms with Crippen LogP contribution in [0.4, 0.5) is 5.82 Å². The molecule has 5 nitrogen and oxygen atoms in total. The number of ether oxygens (including phenoxy) is 1. The number of methoxy groups -OCH3 is 1. The number of anilines is 1. The summed E-state index contributed by atoms with van der Waals surface area (Å²) in [6, 6.07) is 19.8. The van der Waals surface area contributed by atoms with Gasteiger partial charge in [-0.05, 0) is 35.7 Å². The molecule has 5 heteroatoms. The maximum atomic E-state index is 13.0. The summed E-state index contributed by atoms with van der Waals surface area (Å²) in [7, 11) is 1.66. The predicted octanol–water partition coefficient (Wildman–Crippen LogP) is 3.90. The molecule has 0 atom stereocenters. The van der Waals surface area contributed by atoms with Gasteiger partial charge in [0.15, 0.2) is 0 Å². The molecule has 0 unspecified atom stereocenters. The van der Waals surface area contributed by atoms with E-state index in [0.717, 1.165) is 24.3 Å².